The topological polar surface area (TPSA) is 40.6 Å². The van der Waals surface area contributed by atoms with Gasteiger partial charge >= 0.3 is 11.8 Å². The third-order valence-corrected chi connectivity index (χ3v) is 4.77. The van der Waals surface area contributed by atoms with Crippen LogP contribution in [-0.4, -0.2) is 46.8 Å². The molecule has 4 unspecified atom stereocenters. The number of nitrogens with zero attached hydrogens (tertiary/aromatic N) is 2. The molecule has 0 aromatic carbocycles. The highest BCUT2D eigenvalue weighted by Crippen LogP contribution is 2.25. The van der Waals surface area contributed by atoms with Crippen LogP contribution in [0.25, 0.3) is 0 Å². The summed E-state index contributed by atoms with van der Waals surface area (Å²) < 4.78 is 0. The Labute approximate surface area is 122 Å². The molecule has 2 saturated heterocycles. The normalized spacial score (nSPS) is 35.0. The molecule has 4 atom stereocenters. The van der Waals surface area contributed by atoms with Crippen molar-refractivity contribution in [2.75, 3.05) is 13.1 Å². The molecule has 20 heavy (non-hydrogen) atoms. The van der Waals surface area contributed by atoms with E-state index in [-0.39, 0.29) is 23.9 Å². The molecule has 0 bridgehead atoms. The molecule has 0 N–H and O–H groups in total. The Morgan fingerprint density at radius 1 is 0.850 bits per heavy atom. The summed E-state index contributed by atoms with van der Waals surface area (Å²) >= 11 is 0. The third kappa shape index (κ3) is 3.15. The van der Waals surface area contributed by atoms with Crippen molar-refractivity contribution in [1.29, 1.82) is 0 Å². The zero-order valence-electron chi connectivity index (χ0n) is 13.3. The summed E-state index contributed by atoms with van der Waals surface area (Å²) in [4.78, 5) is 28.7. The zero-order valence-corrected chi connectivity index (χ0v) is 13.3. The Bertz CT molecular complexity index is 363. The lowest BCUT2D eigenvalue weighted by Gasteiger charge is -2.41. The molecule has 2 aliphatic rings. The van der Waals surface area contributed by atoms with Gasteiger partial charge in [0.05, 0.1) is 0 Å². The summed E-state index contributed by atoms with van der Waals surface area (Å²) in [5, 5.41) is 0. The monoisotopic (exact) mass is 280 g/mol. The number of piperidine rings is 2. The first-order valence-corrected chi connectivity index (χ1v) is 8.01. The van der Waals surface area contributed by atoms with Gasteiger partial charge in [0.25, 0.3) is 0 Å². The maximum atomic E-state index is 12.6. The molecule has 2 heterocycles. The fourth-order valence-corrected chi connectivity index (χ4v) is 3.90. The molecule has 2 rings (SSSR count). The quantitative estimate of drug-likeness (QED) is 0.639. The first-order chi connectivity index (χ1) is 9.40. The van der Waals surface area contributed by atoms with Gasteiger partial charge in [0.2, 0.25) is 0 Å². The molecule has 4 nitrogen and oxygen atoms in total. The van der Waals surface area contributed by atoms with Crippen LogP contribution < -0.4 is 0 Å². The van der Waals surface area contributed by atoms with Gasteiger partial charge in [-0.05, 0) is 51.4 Å². The van der Waals surface area contributed by atoms with E-state index in [1.165, 1.54) is 0 Å². The maximum absolute atomic E-state index is 12.6. The molecule has 0 saturated carbocycles. The summed E-state index contributed by atoms with van der Waals surface area (Å²) in [7, 11) is 0. The summed E-state index contributed by atoms with van der Waals surface area (Å²) in [6.45, 7) is 9.89. The lowest BCUT2D eigenvalue weighted by Crippen LogP contribution is -2.55. The Hall–Kier alpha value is -1.06. The van der Waals surface area contributed by atoms with E-state index < -0.39 is 0 Å². The van der Waals surface area contributed by atoms with Gasteiger partial charge in [-0.25, -0.2) is 0 Å². The van der Waals surface area contributed by atoms with E-state index in [9.17, 15) is 9.59 Å². The largest absolute Gasteiger partial charge is 0.334 e. The van der Waals surface area contributed by atoms with Gasteiger partial charge in [0.1, 0.15) is 0 Å². The van der Waals surface area contributed by atoms with Crippen molar-refractivity contribution in [1.82, 2.24) is 9.80 Å². The number of hydrogen-bond donors (Lipinski definition) is 0. The Balaban J connectivity index is 2.05. The molecule has 0 radical (unpaired) electrons. The number of amides is 2. The fourth-order valence-electron chi connectivity index (χ4n) is 3.90. The second kappa shape index (κ2) is 6.15. The van der Waals surface area contributed by atoms with E-state index in [0.717, 1.165) is 38.8 Å². The van der Waals surface area contributed by atoms with E-state index >= 15 is 0 Å². The van der Waals surface area contributed by atoms with Gasteiger partial charge < -0.3 is 9.80 Å². The molecule has 2 fully saturated rings. The predicted molar refractivity (Wildman–Crippen MR) is 79.1 cm³/mol. The summed E-state index contributed by atoms with van der Waals surface area (Å²) in [5.41, 5.74) is 0. The number of hydrogen-bond acceptors (Lipinski definition) is 2. The van der Waals surface area contributed by atoms with Crippen molar-refractivity contribution in [2.45, 2.75) is 65.5 Å². The molecule has 0 aliphatic carbocycles. The highest BCUT2D eigenvalue weighted by Gasteiger charge is 2.36. The highest BCUT2D eigenvalue weighted by atomic mass is 16.2. The van der Waals surface area contributed by atoms with Crippen LogP contribution in [0.15, 0.2) is 0 Å². The minimum atomic E-state index is -0.288. The Morgan fingerprint density at radius 3 is 1.85 bits per heavy atom. The highest BCUT2D eigenvalue weighted by molar-refractivity contribution is 6.35. The van der Waals surface area contributed by atoms with E-state index in [1.807, 2.05) is 4.90 Å². The van der Waals surface area contributed by atoms with Crippen molar-refractivity contribution in [2.24, 2.45) is 11.8 Å². The average molecular weight is 280 g/mol. The van der Waals surface area contributed by atoms with Crippen molar-refractivity contribution in [3.8, 4) is 0 Å². The first-order valence-electron chi connectivity index (χ1n) is 8.01. The van der Waals surface area contributed by atoms with Crippen LogP contribution in [0.3, 0.4) is 0 Å². The summed E-state index contributed by atoms with van der Waals surface area (Å²) in [5.74, 6) is 0.411. The predicted octanol–water partition coefficient (Wildman–Crippen LogP) is 2.28. The van der Waals surface area contributed by atoms with Gasteiger partial charge in [-0.2, -0.15) is 0 Å². The Kier molecular flexibility index (Phi) is 4.71. The minimum Gasteiger partial charge on any atom is -0.334 e. The smallest absolute Gasteiger partial charge is 0.312 e. The molecule has 2 aliphatic heterocycles. The number of rotatable bonds is 0. The lowest BCUT2D eigenvalue weighted by atomic mass is 9.91. The minimum absolute atomic E-state index is 0.190. The van der Waals surface area contributed by atoms with Crippen LogP contribution in [0.2, 0.25) is 0 Å². The van der Waals surface area contributed by atoms with Gasteiger partial charge in [0.15, 0.2) is 0 Å². The average Bonchev–Trinajstić information content (AvgIpc) is 2.36. The van der Waals surface area contributed by atoms with Crippen LogP contribution in [0, 0.1) is 11.8 Å². The molecule has 0 aromatic rings. The molecule has 4 heteroatoms. The number of likely N-dealkylation sites (tertiary alicyclic amines) is 2. The second-order valence-electron chi connectivity index (χ2n) is 7.00. The van der Waals surface area contributed by atoms with Gasteiger partial charge in [0, 0.05) is 25.2 Å². The van der Waals surface area contributed by atoms with E-state index in [0.29, 0.717) is 11.8 Å². The van der Waals surface area contributed by atoms with Gasteiger partial charge in [-0.15, -0.1) is 0 Å². The van der Waals surface area contributed by atoms with E-state index in [1.54, 1.807) is 4.90 Å². The second-order valence-corrected chi connectivity index (χ2v) is 7.00. The number of carbonyl (C=O) groups is 2. The molecule has 2 amide bonds. The van der Waals surface area contributed by atoms with Crippen LogP contribution >= 0.6 is 0 Å². The van der Waals surface area contributed by atoms with Crippen molar-refractivity contribution in [3.05, 3.63) is 0 Å². The molecule has 114 valence electrons. The van der Waals surface area contributed by atoms with Crippen LogP contribution in [0.1, 0.15) is 53.4 Å². The van der Waals surface area contributed by atoms with Gasteiger partial charge in [-0.1, -0.05) is 13.8 Å². The van der Waals surface area contributed by atoms with Crippen LogP contribution in [0.4, 0.5) is 0 Å². The van der Waals surface area contributed by atoms with E-state index in [2.05, 4.69) is 27.7 Å². The first kappa shape index (κ1) is 15.3. The molecule has 0 spiro atoms. The lowest BCUT2D eigenvalue weighted by molar-refractivity contribution is -0.157. The number of carbonyl (C=O) groups excluding carboxylic acids is 2. The third-order valence-electron chi connectivity index (χ3n) is 4.77. The molecule has 0 aromatic heterocycles. The summed E-state index contributed by atoms with van der Waals surface area (Å²) in [6.07, 6.45) is 4.32. The van der Waals surface area contributed by atoms with Crippen molar-refractivity contribution >= 4 is 11.8 Å². The maximum Gasteiger partial charge on any atom is 0.312 e. The molecular formula is C16H28N2O2. The van der Waals surface area contributed by atoms with E-state index in [4.69, 9.17) is 0 Å². The zero-order chi connectivity index (χ0) is 14.9. The van der Waals surface area contributed by atoms with Crippen LogP contribution in [0.5, 0.6) is 0 Å². The van der Waals surface area contributed by atoms with Crippen molar-refractivity contribution < 1.29 is 9.59 Å². The standard InChI is InChI=1S/C16H28N2O2/c1-11-8-12(2)10-17(9-11)15(19)16(20)18-13(3)6-5-7-14(18)4/h11-14H,5-10H2,1-4H3. The van der Waals surface area contributed by atoms with Crippen molar-refractivity contribution in [3.63, 3.8) is 0 Å². The SMILES string of the molecule is CC1CC(C)CN(C(=O)C(=O)N2C(C)CCCC2C)C1. The summed E-state index contributed by atoms with van der Waals surface area (Å²) in [6, 6.07) is 0.379. The van der Waals surface area contributed by atoms with Gasteiger partial charge in [-0.3, -0.25) is 9.59 Å². The van der Waals surface area contributed by atoms with Crippen LogP contribution in [-0.2, 0) is 9.59 Å². The fraction of sp³-hybridized carbons (Fsp3) is 0.875. The Morgan fingerprint density at radius 2 is 1.35 bits per heavy atom. The molecular weight excluding hydrogens is 252 g/mol.